The van der Waals surface area contributed by atoms with Crippen molar-refractivity contribution in [3.05, 3.63) is 29.8 Å². The van der Waals surface area contributed by atoms with Gasteiger partial charge in [0.25, 0.3) is 0 Å². The Bertz CT molecular complexity index is 323. The highest BCUT2D eigenvalue weighted by Crippen LogP contribution is 2.23. The highest BCUT2D eigenvalue weighted by molar-refractivity contribution is 5.31. The number of hydrogen-bond acceptors (Lipinski definition) is 1. The zero-order valence-electron chi connectivity index (χ0n) is 7.13. The molecule has 0 atom stereocenters. The summed E-state index contributed by atoms with van der Waals surface area (Å²) in [6, 6.07) is 1.61. The average Bonchev–Trinajstić information content (AvgIpc) is 2.05. The van der Waals surface area contributed by atoms with Gasteiger partial charge in [0.15, 0.2) is 0 Å². The van der Waals surface area contributed by atoms with Gasteiger partial charge in [0, 0.05) is 11.8 Å². The van der Waals surface area contributed by atoms with Crippen molar-refractivity contribution in [3.8, 4) is 12.3 Å². The first kappa shape index (κ1) is 8.73. The first-order valence-corrected chi connectivity index (χ1v) is 3.65. The Morgan fingerprint density at radius 2 is 2.25 bits per heavy atom. The van der Waals surface area contributed by atoms with Crippen LogP contribution >= 0.6 is 0 Å². The van der Waals surface area contributed by atoms with E-state index in [4.69, 9.17) is 6.42 Å². The Morgan fingerprint density at radius 1 is 1.58 bits per heavy atom. The topological polar surface area (TPSA) is 12.9 Å². The van der Waals surface area contributed by atoms with Crippen molar-refractivity contribution < 1.29 is 4.39 Å². The van der Waals surface area contributed by atoms with E-state index in [9.17, 15) is 4.39 Å². The second-order valence-corrected chi connectivity index (χ2v) is 3.12. The Morgan fingerprint density at radius 3 is 2.75 bits per heavy atom. The Labute approximate surface area is 71.6 Å². The van der Waals surface area contributed by atoms with E-state index in [1.165, 1.54) is 12.4 Å². The van der Waals surface area contributed by atoms with Gasteiger partial charge in [-0.3, -0.25) is 4.98 Å². The lowest BCUT2D eigenvalue weighted by molar-refractivity contribution is 0.562. The Kier molecular flexibility index (Phi) is 2.14. The summed E-state index contributed by atoms with van der Waals surface area (Å²) >= 11 is 0. The van der Waals surface area contributed by atoms with Crippen molar-refractivity contribution in [1.82, 2.24) is 4.98 Å². The molecule has 0 amide bonds. The fourth-order valence-corrected chi connectivity index (χ4v) is 0.960. The predicted molar refractivity (Wildman–Crippen MR) is 46.1 cm³/mol. The third kappa shape index (κ3) is 1.45. The lowest BCUT2D eigenvalue weighted by atomic mass is 9.86. The summed E-state index contributed by atoms with van der Waals surface area (Å²) in [5.74, 6) is 2.18. The van der Waals surface area contributed by atoms with Gasteiger partial charge in [0.2, 0.25) is 0 Å². The molecule has 0 N–H and O–H groups in total. The van der Waals surface area contributed by atoms with Gasteiger partial charge in [-0.15, -0.1) is 6.42 Å². The highest BCUT2D eigenvalue weighted by Gasteiger charge is 2.20. The van der Waals surface area contributed by atoms with E-state index < -0.39 is 5.41 Å². The second-order valence-electron chi connectivity index (χ2n) is 3.12. The molecule has 0 bridgehead atoms. The van der Waals surface area contributed by atoms with E-state index in [0.29, 0.717) is 5.56 Å². The quantitative estimate of drug-likeness (QED) is 0.578. The molecule has 0 unspecified atom stereocenters. The summed E-state index contributed by atoms with van der Waals surface area (Å²) in [6.07, 6.45) is 7.98. The van der Waals surface area contributed by atoms with Crippen LogP contribution in [0, 0.1) is 18.2 Å². The van der Waals surface area contributed by atoms with Crippen molar-refractivity contribution in [3.63, 3.8) is 0 Å². The molecule has 0 saturated carbocycles. The summed E-state index contributed by atoms with van der Waals surface area (Å²) in [5.41, 5.74) is -0.0486. The molecule has 0 aromatic carbocycles. The molecule has 0 radical (unpaired) electrons. The zero-order valence-corrected chi connectivity index (χ0v) is 7.13. The summed E-state index contributed by atoms with van der Waals surface area (Å²) < 4.78 is 13.1. The number of halogens is 1. The van der Waals surface area contributed by atoms with Gasteiger partial charge in [-0.25, -0.2) is 4.39 Å². The molecule has 2 heteroatoms. The Hall–Kier alpha value is -1.36. The maximum absolute atomic E-state index is 13.1. The third-order valence-electron chi connectivity index (χ3n) is 1.81. The zero-order chi connectivity index (χ0) is 9.19. The van der Waals surface area contributed by atoms with E-state index in [2.05, 4.69) is 10.9 Å². The van der Waals surface area contributed by atoms with Crippen LogP contribution in [0.3, 0.4) is 0 Å². The molecule has 1 rings (SSSR count). The van der Waals surface area contributed by atoms with Gasteiger partial charge in [-0.05, 0) is 19.9 Å². The Balaban J connectivity index is 3.22. The van der Waals surface area contributed by atoms with E-state index in [0.717, 1.165) is 0 Å². The normalized spacial score (nSPS) is 10.8. The largest absolute Gasteiger partial charge is 0.262 e. The summed E-state index contributed by atoms with van der Waals surface area (Å²) in [6.45, 7) is 3.59. The van der Waals surface area contributed by atoms with Crippen LogP contribution in [-0.4, -0.2) is 4.98 Å². The van der Waals surface area contributed by atoms with Crippen molar-refractivity contribution in [2.45, 2.75) is 19.3 Å². The molecule has 0 spiro atoms. The monoisotopic (exact) mass is 163 g/mol. The van der Waals surface area contributed by atoms with Crippen LogP contribution in [0.4, 0.5) is 4.39 Å². The highest BCUT2D eigenvalue weighted by atomic mass is 19.1. The van der Waals surface area contributed by atoms with Gasteiger partial charge >= 0.3 is 0 Å². The lowest BCUT2D eigenvalue weighted by Crippen LogP contribution is -2.15. The number of pyridine rings is 1. The minimum atomic E-state index is -0.562. The molecule has 1 aromatic heterocycles. The smallest absolute Gasteiger partial charge is 0.146 e. The van der Waals surface area contributed by atoms with Crippen LogP contribution in [0.5, 0.6) is 0 Å². The van der Waals surface area contributed by atoms with Crippen molar-refractivity contribution in [1.29, 1.82) is 0 Å². The number of nitrogens with zero attached hydrogens (tertiary/aromatic N) is 1. The van der Waals surface area contributed by atoms with Crippen molar-refractivity contribution in [2.75, 3.05) is 0 Å². The van der Waals surface area contributed by atoms with Crippen LogP contribution < -0.4 is 0 Å². The summed E-state index contributed by atoms with van der Waals surface area (Å²) in [4.78, 5) is 3.65. The molecule has 62 valence electrons. The first-order valence-electron chi connectivity index (χ1n) is 3.65. The second kappa shape index (κ2) is 2.94. The minimum absolute atomic E-state index is 0.347. The molecule has 1 aromatic rings. The SMILES string of the molecule is C#CC(C)(C)c1ccncc1F. The van der Waals surface area contributed by atoms with Crippen LogP contribution in [0.2, 0.25) is 0 Å². The van der Waals surface area contributed by atoms with Gasteiger partial charge in [0.05, 0.1) is 11.6 Å². The summed E-state index contributed by atoms with van der Waals surface area (Å²) in [7, 11) is 0. The minimum Gasteiger partial charge on any atom is -0.262 e. The van der Waals surface area contributed by atoms with Gasteiger partial charge in [-0.2, -0.15) is 0 Å². The van der Waals surface area contributed by atoms with Crippen LogP contribution in [0.15, 0.2) is 18.5 Å². The fourth-order valence-electron chi connectivity index (χ4n) is 0.960. The van der Waals surface area contributed by atoms with Crippen molar-refractivity contribution in [2.24, 2.45) is 0 Å². The number of hydrogen-bond donors (Lipinski definition) is 0. The molecule has 0 fully saturated rings. The average molecular weight is 163 g/mol. The van der Waals surface area contributed by atoms with E-state index in [-0.39, 0.29) is 5.82 Å². The molecule has 0 saturated heterocycles. The molecule has 0 aliphatic heterocycles. The standard InChI is InChI=1S/C10H10FN/c1-4-10(2,3)8-5-6-12-7-9(8)11/h1,5-7H,2-3H3. The van der Waals surface area contributed by atoms with Crippen LogP contribution in [0.1, 0.15) is 19.4 Å². The van der Waals surface area contributed by atoms with Crippen molar-refractivity contribution >= 4 is 0 Å². The molecular formula is C10H10FN. The molecule has 12 heavy (non-hydrogen) atoms. The predicted octanol–water partition coefficient (Wildman–Crippen LogP) is 2.13. The van der Waals surface area contributed by atoms with Crippen LogP contribution in [-0.2, 0) is 5.41 Å². The van der Waals surface area contributed by atoms with Gasteiger partial charge in [-0.1, -0.05) is 5.92 Å². The van der Waals surface area contributed by atoms with E-state index in [1.54, 1.807) is 19.9 Å². The molecular weight excluding hydrogens is 153 g/mol. The lowest BCUT2D eigenvalue weighted by Gasteiger charge is -2.17. The molecule has 0 aliphatic rings. The number of rotatable bonds is 1. The van der Waals surface area contributed by atoms with Gasteiger partial charge < -0.3 is 0 Å². The van der Waals surface area contributed by atoms with Crippen LogP contribution in [0.25, 0.3) is 0 Å². The maximum atomic E-state index is 13.1. The number of terminal acetylenes is 1. The first-order chi connectivity index (χ1) is 5.58. The fraction of sp³-hybridized carbons (Fsp3) is 0.300. The third-order valence-corrected chi connectivity index (χ3v) is 1.81. The molecule has 1 nitrogen and oxygen atoms in total. The maximum Gasteiger partial charge on any atom is 0.146 e. The molecule has 1 heterocycles. The summed E-state index contributed by atoms with van der Waals surface area (Å²) in [5, 5.41) is 0. The van der Waals surface area contributed by atoms with Gasteiger partial charge in [0.1, 0.15) is 5.82 Å². The van der Waals surface area contributed by atoms with E-state index >= 15 is 0 Å². The molecule has 0 aliphatic carbocycles. The number of aromatic nitrogens is 1. The van der Waals surface area contributed by atoms with E-state index in [1.807, 2.05) is 0 Å².